The van der Waals surface area contributed by atoms with E-state index in [1.54, 1.807) is 0 Å². The molecule has 0 heterocycles. The van der Waals surface area contributed by atoms with E-state index in [0.29, 0.717) is 0 Å². The largest absolute Gasteiger partial charge is 0.480 e. The molecule has 0 aromatic rings. The molecule has 0 aliphatic carbocycles. The van der Waals surface area contributed by atoms with Crippen molar-refractivity contribution in [1.82, 2.24) is 5.32 Å². The van der Waals surface area contributed by atoms with Crippen LogP contribution in [0.25, 0.3) is 0 Å². The first kappa shape index (κ1) is 14.8. The third-order valence-corrected chi connectivity index (χ3v) is 3.19. The molecule has 0 saturated heterocycles. The minimum absolute atomic E-state index is 0.00406. The van der Waals surface area contributed by atoms with Gasteiger partial charge in [-0.25, -0.2) is 8.42 Å². The monoisotopic (exact) mass is 253 g/mol. The van der Waals surface area contributed by atoms with E-state index in [4.69, 9.17) is 5.11 Å². The number of aliphatic carboxylic acids is 1. The van der Waals surface area contributed by atoms with Crippen LogP contribution in [-0.2, 0) is 24.2 Å². The van der Waals surface area contributed by atoms with Crippen LogP contribution >= 0.6 is 0 Å². The Bertz CT molecular complexity index is 350. The fourth-order valence-electron chi connectivity index (χ4n) is 0.827. The van der Waals surface area contributed by atoms with Gasteiger partial charge in [-0.2, -0.15) is 0 Å². The third-order valence-electron chi connectivity index (χ3n) is 1.70. The van der Waals surface area contributed by atoms with Gasteiger partial charge in [-0.15, -0.1) is 0 Å². The molecule has 0 aliphatic rings. The van der Waals surface area contributed by atoms with Crippen molar-refractivity contribution in [2.45, 2.75) is 13.0 Å². The van der Waals surface area contributed by atoms with Gasteiger partial charge in [0.05, 0.1) is 12.4 Å². The van der Waals surface area contributed by atoms with Crippen molar-refractivity contribution < 1.29 is 27.9 Å². The first-order valence-electron chi connectivity index (χ1n) is 4.50. The maximum Gasteiger partial charge on any atom is 0.325 e. The van der Waals surface area contributed by atoms with Gasteiger partial charge in [-0.1, -0.05) is 0 Å². The molecule has 0 aromatic carbocycles. The smallest absolute Gasteiger partial charge is 0.325 e. The number of nitrogens with one attached hydrogen (secondary N) is 1. The highest BCUT2D eigenvalue weighted by molar-refractivity contribution is 7.92. The number of amides is 1. The maximum absolute atomic E-state index is 11.3. The second-order valence-electron chi connectivity index (χ2n) is 3.21. The first-order chi connectivity index (χ1) is 7.28. The molecular weight excluding hydrogens is 238 g/mol. The number of carboxylic acid groups (broad SMARTS) is 1. The first-order valence-corrected chi connectivity index (χ1v) is 6.32. The van der Waals surface area contributed by atoms with Gasteiger partial charge in [-0.05, 0) is 6.92 Å². The Morgan fingerprint density at radius 2 is 2.00 bits per heavy atom. The Labute approximate surface area is 93.7 Å². The lowest BCUT2D eigenvalue weighted by atomic mass is 10.3. The van der Waals surface area contributed by atoms with E-state index in [2.05, 4.69) is 10.1 Å². The number of carbonyl (C=O) groups excluding carboxylic acids is 1. The van der Waals surface area contributed by atoms with Crippen molar-refractivity contribution in [2.24, 2.45) is 0 Å². The van der Waals surface area contributed by atoms with E-state index >= 15 is 0 Å². The normalized spacial score (nSPS) is 13.1. The lowest BCUT2D eigenvalue weighted by molar-refractivity contribution is -0.140. The minimum atomic E-state index is -3.54. The van der Waals surface area contributed by atoms with Crippen molar-refractivity contribution >= 4 is 21.7 Å². The van der Waals surface area contributed by atoms with Crippen LogP contribution in [0.4, 0.5) is 0 Å². The van der Waals surface area contributed by atoms with Gasteiger partial charge < -0.3 is 15.2 Å². The summed E-state index contributed by atoms with van der Waals surface area (Å²) in [7, 11) is -2.19. The number of carbonyl (C=O) groups is 2. The molecule has 0 saturated carbocycles. The number of carboxylic acids is 1. The summed E-state index contributed by atoms with van der Waals surface area (Å²) in [5.41, 5.74) is 0. The second-order valence-corrected chi connectivity index (χ2v) is 5.40. The standard InChI is InChI=1S/C8H15NO6S/c1-6(8(11)12)9-7(10)5-16(13,14)4-3-15-2/h6H,3-5H2,1-2H3,(H,9,10)(H,11,12)/t6-/m1/s1. The number of ether oxygens (including phenoxy) is 1. The van der Waals surface area contributed by atoms with E-state index in [1.165, 1.54) is 14.0 Å². The third kappa shape index (κ3) is 6.36. The summed E-state index contributed by atoms with van der Waals surface area (Å²) >= 11 is 0. The van der Waals surface area contributed by atoms with Crippen LogP contribution in [-0.4, -0.2) is 56.7 Å². The molecule has 0 rings (SSSR count). The van der Waals surface area contributed by atoms with Gasteiger partial charge in [0, 0.05) is 7.11 Å². The molecule has 0 unspecified atom stereocenters. The van der Waals surface area contributed by atoms with Crippen molar-refractivity contribution in [2.75, 3.05) is 25.2 Å². The van der Waals surface area contributed by atoms with Crippen molar-refractivity contribution in [3.05, 3.63) is 0 Å². The van der Waals surface area contributed by atoms with Crippen molar-refractivity contribution in [3.63, 3.8) is 0 Å². The average Bonchev–Trinajstić information content (AvgIpc) is 2.13. The van der Waals surface area contributed by atoms with Gasteiger partial charge in [0.1, 0.15) is 11.8 Å². The molecular formula is C8H15NO6S. The lowest BCUT2D eigenvalue weighted by Crippen LogP contribution is -2.41. The van der Waals surface area contributed by atoms with Gasteiger partial charge in [0.2, 0.25) is 5.91 Å². The zero-order valence-electron chi connectivity index (χ0n) is 9.10. The molecule has 0 fully saturated rings. The Morgan fingerprint density at radius 1 is 1.44 bits per heavy atom. The quantitative estimate of drug-likeness (QED) is 0.579. The summed E-state index contributed by atoms with van der Waals surface area (Å²) < 4.78 is 27.1. The molecule has 8 heteroatoms. The predicted octanol–water partition coefficient (Wildman–Crippen LogP) is -1.36. The van der Waals surface area contributed by atoms with E-state index < -0.39 is 33.5 Å². The summed E-state index contributed by atoms with van der Waals surface area (Å²) in [6, 6.07) is -1.11. The van der Waals surface area contributed by atoms with Crippen molar-refractivity contribution in [1.29, 1.82) is 0 Å². The Balaban J connectivity index is 4.19. The minimum Gasteiger partial charge on any atom is -0.480 e. The maximum atomic E-state index is 11.3. The zero-order chi connectivity index (χ0) is 12.8. The Kier molecular flexibility index (Phi) is 5.97. The summed E-state index contributed by atoms with van der Waals surface area (Å²) in [5, 5.41) is 10.5. The number of methoxy groups -OCH3 is 1. The molecule has 0 aliphatic heterocycles. The molecule has 1 amide bonds. The highest BCUT2D eigenvalue weighted by Gasteiger charge is 2.20. The average molecular weight is 253 g/mol. The van der Waals surface area contributed by atoms with Gasteiger partial charge >= 0.3 is 5.97 Å². The van der Waals surface area contributed by atoms with E-state index in [-0.39, 0.29) is 12.4 Å². The fourth-order valence-corrected chi connectivity index (χ4v) is 1.87. The second kappa shape index (κ2) is 6.44. The SMILES string of the molecule is COCCS(=O)(=O)CC(=O)N[C@H](C)C(=O)O. The Morgan fingerprint density at radius 3 is 2.44 bits per heavy atom. The van der Waals surface area contributed by atoms with Crippen LogP contribution in [0.5, 0.6) is 0 Å². The molecule has 0 spiro atoms. The number of hydrogen-bond donors (Lipinski definition) is 2. The zero-order valence-corrected chi connectivity index (χ0v) is 9.91. The lowest BCUT2D eigenvalue weighted by Gasteiger charge is -2.09. The van der Waals surface area contributed by atoms with Gasteiger partial charge in [0.15, 0.2) is 9.84 Å². The Hall–Kier alpha value is -1.15. The number of sulfone groups is 1. The van der Waals surface area contributed by atoms with Crippen molar-refractivity contribution in [3.8, 4) is 0 Å². The molecule has 1 atom stereocenters. The molecule has 94 valence electrons. The van der Waals surface area contributed by atoms with E-state index in [9.17, 15) is 18.0 Å². The summed E-state index contributed by atoms with van der Waals surface area (Å²) in [6.45, 7) is 1.26. The predicted molar refractivity (Wildman–Crippen MR) is 55.8 cm³/mol. The number of rotatable bonds is 7. The van der Waals surface area contributed by atoms with Crippen LogP contribution in [0.1, 0.15) is 6.92 Å². The highest BCUT2D eigenvalue weighted by atomic mass is 32.2. The van der Waals surface area contributed by atoms with Crippen LogP contribution in [0, 0.1) is 0 Å². The molecule has 7 nitrogen and oxygen atoms in total. The van der Waals surface area contributed by atoms with Crippen LogP contribution in [0.2, 0.25) is 0 Å². The summed E-state index contributed by atoms with van der Waals surface area (Å²) in [6.07, 6.45) is 0. The van der Waals surface area contributed by atoms with Gasteiger partial charge in [0.25, 0.3) is 0 Å². The molecule has 0 aromatic heterocycles. The molecule has 0 radical (unpaired) electrons. The van der Waals surface area contributed by atoms with E-state index in [1.807, 2.05) is 0 Å². The molecule has 0 bridgehead atoms. The fraction of sp³-hybridized carbons (Fsp3) is 0.750. The van der Waals surface area contributed by atoms with Crippen LogP contribution in [0.3, 0.4) is 0 Å². The van der Waals surface area contributed by atoms with Gasteiger partial charge in [-0.3, -0.25) is 9.59 Å². The van der Waals surface area contributed by atoms with Crippen LogP contribution < -0.4 is 5.32 Å². The summed E-state index contributed by atoms with van der Waals surface area (Å²) in [4.78, 5) is 21.5. The number of hydrogen-bond acceptors (Lipinski definition) is 5. The van der Waals surface area contributed by atoms with E-state index in [0.717, 1.165) is 0 Å². The highest BCUT2D eigenvalue weighted by Crippen LogP contribution is 1.92. The summed E-state index contributed by atoms with van der Waals surface area (Å²) in [5.74, 6) is -3.04. The molecule has 16 heavy (non-hydrogen) atoms. The van der Waals surface area contributed by atoms with Crippen LogP contribution in [0.15, 0.2) is 0 Å². The topological polar surface area (TPSA) is 110 Å². The molecule has 2 N–H and O–H groups in total.